The first-order valence-electron chi connectivity index (χ1n) is 7.34. The van der Waals surface area contributed by atoms with E-state index in [4.69, 9.17) is 237 Å². The molecule has 0 radical (unpaired) electrons. The summed E-state index contributed by atoms with van der Waals surface area (Å²) in [6.45, 7) is 5.67. The van der Waals surface area contributed by atoms with Crippen LogP contribution in [0.25, 0.3) is 0 Å². The first kappa shape index (κ1) is 72.8. The van der Waals surface area contributed by atoms with Crippen molar-refractivity contribution in [3.63, 3.8) is 0 Å². The maximum absolute atomic E-state index is 4.83. The summed E-state index contributed by atoms with van der Waals surface area (Å²) >= 11 is 95.3. The van der Waals surface area contributed by atoms with Crippen LogP contribution >= 0.6 is 232 Å². The van der Waals surface area contributed by atoms with Gasteiger partial charge in [-0.05, 0) is 13.8 Å². The second-order valence-electron chi connectivity index (χ2n) is 1.79. The van der Waals surface area contributed by atoms with Crippen molar-refractivity contribution >= 4 is 232 Å². The van der Waals surface area contributed by atoms with Crippen molar-refractivity contribution in [2.24, 2.45) is 0 Å². The predicted octanol–water partition coefficient (Wildman–Crippen LogP) is 15.3. The first-order valence-corrected chi connectivity index (χ1v) is 18.0. The van der Waals surface area contributed by atoms with E-state index < -0.39 is 0 Å². The highest BCUT2D eigenvalue weighted by Crippen LogP contribution is 1.75. The zero-order valence-electron chi connectivity index (χ0n) is 18.5. The molecule has 0 rings (SSSR count). The Kier molecular flexibility index (Phi) is 353. The number of hydrogen-bond acceptors (Lipinski definition) is 1. The lowest BCUT2D eigenvalue weighted by molar-refractivity contribution is 0.162. The Morgan fingerprint density at radius 3 is 0.314 bits per heavy atom. The van der Waals surface area contributed by atoms with Gasteiger partial charge >= 0.3 is 0 Å². The predicted molar refractivity (Wildman–Crippen MR) is 188 cm³/mol. The van der Waals surface area contributed by atoms with Crippen molar-refractivity contribution in [1.29, 1.82) is 0 Å². The monoisotopic (exact) mass is 914 g/mol. The van der Waals surface area contributed by atoms with Crippen molar-refractivity contribution in [3.8, 4) is 0 Å². The Morgan fingerprint density at radius 1 is 0.257 bits per heavy atom. The minimum absolute atomic E-state index is 0.194. The summed E-state index contributed by atoms with van der Waals surface area (Å²) < 4.78 is 4.83. The topological polar surface area (TPSA) is 9.23 Å². The SMILES string of the molecule is CCOCC.ClCCl.ClCCl.ClCCl.ClCCl.ClCCl.ClCCl.ClCCl.ClCCl.ClCCl.ClCCl. The van der Waals surface area contributed by atoms with Crippen LogP contribution < -0.4 is 0 Å². The average Bonchev–Trinajstić information content (AvgIpc) is 2.75. The first-order chi connectivity index (χ1) is 16.6. The van der Waals surface area contributed by atoms with Crippen LogP contribution in [-0.4, -0.2) is 66.6 Å². The van der Waals surface area contributed by atoms with Crippen LogP contribution in [0.2, 0.25) is 0 Å². The minimum atomic E-state index is 0.194. The fraction of sp³-hybridized carbons (Fsp3) is 1.00. The van der Waals surface area contributed by atoms with Gasteiger partial charge in [-0.1, -0.05) is 0 Å². The molecule has 232 valence electrons. The van der Waals surface area contributed by atoms with Gasteiger partial charge in [0.1, 0.15) is 0 Å². The van der Waals surface area contributed by atoms with E-state index in [9.17, 15) is 0 Å². The fourth-order valence-electron chi connectivity index (χ4n) is 0.204. The molecule has 0 aliphatic rings. The Balaban J connectivity index is -0.0000000202. The molecule has 0 bridgehead atoms. The maximum Gasteiger partial charge on any atom is 0.0967 e. The zero-order valence-corrected chi connectivity index (χ0v) is 33.6. The van der Waals surface area contributed by atoms with Crippen LogP contribution in [-0.2, 0) is 4.74 Å². The van der Waals surface area contributed by atoms with Crippen molar-refractivity contribution in [2.75, 3.05) is 66.6 Å². The number of alkyl halides is 20. The lowest BCUT2D eigenvalue weighted by atomic mass is 10.8. The second kappa shape index (κ2) is 170. The van der Waals surface area contributed by atoms with Gasteiger partial charge in [0.25, 0.3) is 0 Å². The molecule has 0 aromatic rings. The van der Waals surface area contributed by atoms with Crippen molar-refractivity contribution in [2.45, 2.75) is 13.8 Å². The summed E-state index contributed by atoms with van der Waals surface area (Å²) in [5.74, 6) is 0. The average molecular weight is 923 g/mol. The largest absolute Gasteiger partial charge is 0.382 e. The summed E-state index contributed by atoms with van der Waals surface area (Å²) in [6.07, 6.45) is 0. The molecule has 0 aromatic carbocycles. The Morgan fingerprint density at radius 2 is 0.314 bits per heavy atom. The molecule has 21 heteroatoms. The molecule has 0 aliphatic carbocycles. The van der Waals surface area contributed by atoms with E-state index in [-0.39, 0.29) is 53.4 Å². The van der Waals surface area contributed by atoms with Gasteiger partial charge in [-0.2, -0.15) is 0 Å². The Bertz CT molecular complexity index is 101. The van der Waals surface area contributed by atoms with Gasteiger partial charge in [-0.15, -0.1) is 232 Å². The van der Waals surface area contributed by atoms with Crippen molar-refractivity contribution < 1.29 is 4.74 Å². The van der Waals surface area contributed by atoms with Crippen LogP contribution in [0, 0.1) is 0 Å². The van der Waals surface area contributed by atoms with Gasteiger partial charge < -0.3 is 4.74 Å². The molecule has 0 N–H and O–H groups in total. The Labute approximate surface area is 313 Å². The van der Waals surface area contributed by atoms with Gasteiger partial charge in [0.15, 0.2) is 0 Å². The van der Waals surface area contributed by atoms with Crippen molar-refractivity contribution in [3.05, 3.63) is 0 Å². The minimum Gasteiger partial charge on any atom is -0.382 e. The highest BCUT2D eigenvalue weighted by Gasteiger charge is 1.64. The fourth-order valence-corrected chi connectivity index (χ4v) is 0.204. The summed E-state index contributed by atoms with van der Waals surface area (Å²) in [4.78, 5) is 0. The van der Waals surface area contributed by atoms with Gasteiger partial charge in [0, 0.05) is 13.2 Å². The van der Waals surface area contributed by atoms with Gasteiger partial charge in [0.05, 0.1) is 53.4 Å². The normalized spacial score (nSPS) is 6.34. The van der Waals surface area contributed by atoms with E-state index in [2.05, 4.69) is 0 Å². The van der Waals surface area contributed by atoms with E-state index in [1.807, 2.05) is 13.8 Å². The summed E-state index contributed by atoms with van der Waals surface area (Å²) in [5.41, 5.74) is 0. The lowest BCUT2D eigenvalue weighted by Crippen LogP contribution is -1.84. The van der Waals surface area contributed by atoms with E-state index >= 15 is 0 Å². The third-order valence-electron chi connectivity index (χ3n) is 0.408. The molecule has 0 saturated carbocycles. The molecule has 0 heterocycles. The Hall–Kier alpha value is 5.76. The number of hydrogen-bond donors (Lipinski definition) is 0. The summed E-state index contributed by atoms with van der Waals surface area (Å²) in [5, 5.41) is 1.94. The summed E-state index contributed by atoms with van der Waals surface area (Å²) in [7, 11) is 0. The molecule has 0 unspecified atom stereocenters. The molecular formula is C14H30Cl20O. The number of halogens is 20. The smallest absolute Gasteiger partial charge is 0.0967 e. The molecule has 0 aromatic heterocycles. The van der Waals surface area contributed by atoms with E-state index in [0.717, 1.165) is 13.2 Å². The molecule has 1 nitrogen and oxygen atoms in total. The van der Waals surface area contributed by atoms with E-state index in [1.54, 1.807) is 0 Å². The van der Waals surface area contributed by atoms with Gasteiger partial charge in [-0.3, -0.25) is 0 Å². The summed E-state index contributed by atoms with van der Waals surface area (Å²) in [6, 6.07) is 0. The third kappa shape index (κ3) is 941. The lowest BCUT2D eigenvalue weighted by Gasteiger charge is -1.86. The van der Waals surface area contributed by atoms with Gasteiger partial charge in [-0.25, -0.2) is 0 Å². The molecule has 0 saturated heterocycles. The highest BCUT2D eigenvalue weighted by atomic mass is 35.6. The third-order valence-corrected chi connectivity index (χ3v) is 0.408. The quantitative estimate of drug-likeness (QED) is 0.251. The standard InChI is InChI=1S/C4H10O.10CH2Cl2/c1-3-5-4-2;10*2-1-3/h3-4H2,1-2H3;10*1H2. The molecule has 0 atom stereocenters. The molecule has 0 amide bonds. The molecule has 35 heavy (non-hydrogen) atoms. The molecular weight excluding hydrogens is 893 g/mol. The van der Waals surface area contributed by atoms with Crippen LogP contribution in [0.15, 0.2) is 0 Å². The maximum atomic E-state index is 4.83. The van der Waals surface area contributed by atoms with Crippen LogP contribution in [0.5, 0.6) is 0 Å². The molecule has 0 fully saturated rings. The van der Waals surface area contributed by atoms with Crippen LogP contribution in [0.1, 0.15) is 13.8 Å². The molecule has 0 aliphatic heterocycles. The zero-order chi connectivity index (χ0) is 31.2. The van der Waals surface area contributed by atoms with Gasteiger partial charge in [0.2, 0.25) is 0 Å². The van der Waals surface area contributed by atoms with Crippen LogP contribution in [0.4, 0.5) is 0 Å². The number of rotatable bonds is 2. The van der Waals surface area contributed by atoms with Crippen molar-refractivity contribution in [1.82, 2.24) is 0 Å². The van der Waals surface area contributed by atoms with E-state index in [1.165, 1.54) is 0 Å². The number of ether oxygens (including phenoxy) is 1. The van der Waals surface area contributed by atoms with Crippen LogP contribution in [0.3, 0.4) is 0 Å². The highest BCUT2D eigenvalue weighted by molar-refractivity contribution is 6.43. The van der Waals surface area contributed by atoms with E-state index in [0.29, 0.717) is 0 Å². The second-order valence-corrected chi connectivity index (χ2v) is 9.87. The molecule has 0 spiro atoms.